The average Bonchev–Trinajstić information content (AvgIpc) is 3.14. The zero-order chi connectivity index (χ0) is 34.7. The summed E-state index contributed by atoms with van der Waals surface area (Å²) in [7, 11) is 4.37. The summed E-state index contributed by atoms with van der Waals surface area (Å²) in [6.45, 7) is 2.12. The third-order valence-corrected chi connectivity index (χ3v) is 9.06. The van der Waals surface area contributed by atoms with Gasteiger partial charge in [-0.1, -0.05) is 0 Å². The number of quaternary nitrogens is 1. The van der Waals surface area contributed by atoms with Gasteiger partial charge >= 0.3 is 0 Å². The van der Waals surface area contributed by atoms with Crippen LogP contribution in [0.2, 0.25) is 0 Å². The first-order chi connectivity index (χ1) is 24.2. The predicted molar refractivity (Wildman–Crippen MR) is 218 cm³/mol. The monoisotopic (exact) mass is 744 g/mol. The molecule has 0 bridgehead atoms. The maximum Gasteiger partial charge on any atom is 0.137 e. The van der Waals surface area contributed by atoms with Crippen LogP contribution in [0.25, 0.3) is 0 Å². The highest BCUT2D eigenvalue weighted by molar-refractivity contribution is 8.93. The standard InChI is InChI=1S/C41H42N7O2.BrH/c1-48(2,36-15-3-30(42)4-16-36)37-17-9-33(10-18-37)45-27-46(34-11-23-40(24-12-34)49-38-19-5-31(43)6-20-38)29-47(28-45)35-13-25-41(26-14-35)50-39-21-7-32(44)8-22-39;/h3-26H,27-29,42-44H2,1-2H3;1H/q+1;. The molecule has 0 aromatic heterocycles. The molecule has 0 unspecified atom stereocenters. The molecule has 0 aliphatic carbocycles. The van der Waals surface area contributed by atoms with Crippen molar-refractivity contribution in [2.24, 2.45) is 0 Å². The highest BCUT2D eigenvalue weighted by Gasteiger charge is 2.27. The molecule has 1 saturated heterocycles. The normalized spacial score (nSPS) is 13.0. The van der Waals surface area contributed by atoms with Gasteiger partial charge in [-0.15, -0.1) is 17.0 Å². The van der Waals surface area contributed by atoms with Crippen LogP contribution in [0.5, 0.6) is 23.0 Å². The first-order valence-electron chi connectivity index (χ1n) is 16.5. The van der Waals surface area contributed by atoms with Crippen LogP contribution >= 0.6 is 17.0 Å². The molecule has 0 amide bonds. The SMILES string of the molecule is Br.C[N+](C)(c1ccc(N)cc1)c1ccc(N2CN(c3ccc(Oc4ccc(N)cc4)cc3)CN(c3ccc(Oc4ccc(N)cc4)cc3)C2)cc1. The van der Waals surface area contributed by atoms with E-state index in [-0.39, 0.29) is 17.0 Å². The Morgan fingerprint density at radius 1 is 0.392 bits per heavy atom. The van der Waals surface area contributed by atoms with Crippen LogP contribution in [0.15, 0.2) is 146 Å². The molecule has 1 heterocycles. The molecule has 0 atom stereocenters. The van der Waals surface area contributed by atoms with E-state index in [9.17, 15) is 0 Å². The number of hydrogen-bond donors (Lipinski definition) is 3. The van der Waals surface area contributed by atoms with Crippen LogP contribution in [0.1, 0.15) is 0 Å². The number of nitrogens with zero attached hydrogens (tertiary/aromatic N) is 4. The number of benzene rings is 6. The molecule has 260 valence electrons. The third-order valence-electron chi connectivity index (χ3n) is 9.06. The molecule has 10 heteroatoms. The fourth-order valence-corrected chi connectivity index (χ4v) is 6.07. The molecule has 9 nitrogen and oxygen atoms in total. The lowest BCUT2D eigenvalue weighted by Crippen LogP contribution is -2.55. The Labute approximate surface area is 310 Å². The lowest BCUT2D eigenvalue weighted by molar-refractivity contribution is 0.482. The molecule has 0 saturated carbocycles. The fourth-order valence-electron chi connectivity index (χ4n) is 6.07. The minimum Gasteiger partial charge on any atom is -0.457 e. The van der Waals surface area contributed by atoms with Crippen molar-refractivity contribution < 1.29 is 9.47 Å². The van der Waals surface area contributed by atoms with Crippen molar-refractivity contribution in [2.45, 2.75) is 0 Å². The number of ether oxygens (including phenoxy) is 2. The molecule has 1 aliphatic rings. The minimum absolute atomic E-state index is 0. The fraction of sp³-hybridized carbons (Fsp3) is 0.122. The number of nitrogen functional groups attached to an aromatic ring is 3. The Balaban J connectivity index is 0.00000448. The van der Waals surface area contributed by atoms with Gasteiger partial charge in [-0.3, -0.25) is 4.48 Å². The van der Waals surface area contributed by atoms with Crippen LogP contribution in [-0.2, 0) is 0 Å². The van der Waals surface area contributed by atoms with Crippen molar-refractivity contribution in [1.29, 1.82) is 0 Å². The van der Waals surface area contributed by atoms with Gasteiger partial charge in [-0.05, 0) is 121 Å². The zero-order valence-corrected chi connectivity index (χ0v) is 30.4. The van der Waals surface area contributed by atoms with Crippen molar-refractivity contribution >= 4 is 62.5 Å². The summed E-state index contributed by atoms with van der Waals surface area (Å²) in [5, 5.41) is 0. The highest BCUT2D eigenvalue weighted by Crippen LogP contribution is 2.35. The van der Waals surface area contributed by atoms with Gasteiger partial charge in [0.15, 0.2) is 0 Å². The quantitative estimate of drug-likeness (QED) is 0.0994. The third kappa shape index (κ3) is 8.15. The van der Waals surface area contributed by atoms with Crippen LogP contribution < -0.4 is 45.9 Å². The highest BCUT2D eigenvalue weighted by atomic mass is 79.9. The van der Waals surface area contributed by atoms with Gasteiger partial charge in [-0.25, -0.2) is 0 Å². The van der Waals surface area contributed by atoms with Crippen molar-refractivity contribution in [1.82, 2.24) is 4.48 Å². The number of halogens is 1. The number of nitrogens with two attached hydrogens (primary N) is 3. The largest absolute Gasteiger partial charge is 0.457 e. The van der Waals surface area contributed by atoms with Crippen molar-refractivity contribution in [3.05, 3.63) is 146 Å². The molecule has 6 N–H and O–H groups in total. The van der Waals surface area contributed by atoms with Crippen molar-refractivity contribution in [3.8, 4) is 23.0 Å². The van der Waals surface area contributed by atoms with Gasteiger partial charge in [0.2, 0.25) is 0 Å². The number of anilines is 6. The molecule has 0 spiro atoms. The second-order valence-electron chi connectivity index (χ2n) is 12.9. The number of hydrogen-bond acceptors (Lipinski definition) is 8. The summed E-state index contributed by atoms with van der Waals surface area (Å²) in [5.74, 6) is 3.01. The maximum absolute atomic E-state index is 6.07. The first-order valence-corrected chi connectivity index (χ1v) is 16.5. The molecule has 1 aliphatic heterocycles. The van der Waals surface area contributed by atoms with E-state index in [1.54, 1.807) is 0 Å². The molecular weight excluding hydrogens is 702 g/mol. The van der Waals surface area contributed by atoms with E-state index in [4.69, 9.17) is 26.7 Å². The van der Waals surface area contributed by atoms with E-state index in [2.05, 4.69) is 89.5 Å². The summed E-state index contributed by atoms with van der Waals surface area (Å²) < 4.78 is 12.7. The first kappa shape index (κ1) is 35.0. The summed E-state index contributed by atoms with van der Waals surface area (Å²) in [6, 6.07) is 48.2. The van der Waals surface area contributed by atoms with Crippen LogP contribution in [-0.4, -0.2) is 34.1 Å². The van der Waals surface area contributed by atoms with E-state index in [0.29, 0.717) is 35.9 Å². The van der Waals surface area contributed by atoms with Gasteiger partial charge in [0.1, 0.15) is 34.4 Å². The molecule has 7 rings (SSSR count). The molecule has 6 aromatic rings. The Hall–Kier alpha value is -5.84. The average molecular weight is 746 g/mol. The van der Waals surface area contributed by atoms with E-state index in [1.165, 1.54) is 5.69 Å². The molecular formula is C41H43BrN7O2+. The maximum atomic E-state index is 6.07. The van der Waals surface area contributed by atoms with E-state index in [1.807, 2.05) is 84.9 Å². The van der Waals surface area contributed by atoms with Gasteiger partial charge in [0, 0.05) is 58.4 Å². The topological polar surface area (TPSA) is 106 Å². The summed E-state index contributed by atoms with van der Waals surface area (Å²) in [5.41, 5.74) is 25.5. The summed E-state index contributed by atoms with van der Waals surface area (Å²) in [4.78, 5) is 7.10. The second-order valence-corrected chi connectivity index (χ2v) is 12.9. The van der Waals surface area contributed by atoms with E-state index >= 15 is 0 Å². The Morgan fingerprint density at radius 3 is 0.941 bits per heavy atom. The van der Waals surface area contributed by atoms with Gasteiger partial charge < -0.3 is 41.4 Å². The Bertz CT molecular complexity index is 1920. The van der Waals surface area contributed by atoms with Gasteiger partial charge in [-0.2, -0.15) is 0 Å². The van der Waals surface area contributed by atoms with E-state index in [0.717, 1.165) is 51.4 Å². The number of rotatable bonds is 9. The van der Waals surface area contributed by atoms with Crippen LogP contribution in [0, 0.1) is 0 Å². The van der Waals surface area contributed by atoms with Gasteiger partial charge in [0.05, 0.1) is 34.1 Å². The predicted octanol–water partition coefficient (Wildman–Crippen LogP) is 9.20. The molecule has 6 aromatic carbocycles. The van der Waals surface area contributed by atoms with Crippen molar-refractivity contribution in [3.63, 3.8) is 0 Å². The van der Waals surface area contributed by atoms with Crippen molar-refractivity contribution in [2.75, 3.05) is 66.0 Å². The molecule has 0 radical (unpaired) electrons. The second kappa shape index (κ2) is 15.0. The minimum atomic E-state index is 0. The zero-order valence-electron chi connectivity index (χ0n) is 28.7. The van der Waals surface area contributed by atoms with Crippen LogP contribution in [0.3, 0.4) is 0 Å². The Kier molecular flexibility index (Phi) is 10.3. The van der Waals surface area contributed by atoms with Crippen LogP contribution in [0.4, 0.5) is 45.5 Å². The lowest BCUT2D eigenvalue weighted by Gasteiger charge is -2.45. The Morgan fingerprint density at radius 2 is 0.627 bits per heavy atom. The van der Waals surface area contributed by atoms with Gasteiger partial charge in [0.25, 0.3) is 0 Å². The summed E-state index contributed by atoms with van der Waals surface area (Å²) in [6.07, 6.45) is 0. The lowest BCUT2D eigenvalue weighted by atomic mass is 10.2. The molecule has 1 fully saturated rings. The smallest absolute Gasteiger partial charge is 0.137 e. The van der Waals surface area contributed by atoms with E-state index < -0.39 is 0 Å². The summed E-state index contributed by atoms with van der Waals surface area (Å²) >= 11 is 0. The molecule has 51 heavy (non-hydrogen) atoms.